The summed E-state index contributed by atoms with van der Waals surface area (Å²) in [6.07, 6.45) is 5.27. The normalized spacial score (nSPS) is 14.2. The third kappa shape index (κ3) is 8.27. The third-order valence-electron chi connectivity index (χ3n) is 3.46. The van der Waals surface area contributed by atoms with E-state index < -0.39 is 6.61 Å². The average molecular weight is 317 g/mol. The Morgan fingerprint density at radius 1 is 1.14 bits per heavy atom. The van der Waals surface area contributed by atoms with Gasteiger partial charge in [-0.3, -0.25) is 0 Å². The molecule has 0 saturated heterocycles. The highest BCUT2D eigenvalue weighted by Gasteiger charge is 2.06. The predicted molar refractivity (Wildman–Crippen MR) is 86.5 cm³/mol. The molecular formula is C16H25F2NOS. The maximum absolute atomic E-state index is 12.0. The first-order chi connectivity index (χ1) is 10.0. The number of alkyl halides is 2. The van der Waals surface area contributed by atoms with Crippen molar-refractivity contribution in [3.05, 3.63) is 29.8 Å². The second-order valence-corrected chi connectivity index (χ2v) is 6.53. The molecule has 0 saturated carbocycles. The standard InChI is InChI=1S/C16H25F2NOS/c1-12(19-11-10-13(2)21-3)4-5-14-6-8-15(9-7-14)20-16(17)18/h6-9,12-13,16,19H,4-5,10-11H2,1-3H3. The van der Waals surface area contributed by atoms with Gasteiger partial charge in [0.15, 0.2) is 0 Å². The molecule has 0 amide bonds. The van der Waals surface area contributed by atoms with Crippen molar-refractivity contribution in [1.82, 2.24) is 5.32 Å². The van der Waals surface area contributed by atoms with Crippen LogP contribution >= 0.6 is 11.8 Å². The molecule has 0 aromatic heterocycles. The number of benzene rings is 1. The Bertz CT molecular complexity index is 386. The van der Waals surface area contributed by atoms with Crippen LogP contribution in [0.1, 0.15) is 32.3 Å². The highest BCUT2D eigenvalue weighted by atomic mass is 32.2. The molecule has 2 atom stereocenters. The van der Waals surface area contributed by atoms with Crippen LogP contribution in [0.5, 0.6) is 5.75 Å². The quantitative estimate of drug-likeness (QED) is 0.693. The topological polar surface area (TPSA) is 21.3 Å². The van der Waals surface area contributed by atoms with Gasteiger partial charge < -0.3 is 10.1 Å². The van der Waals surface area contributed by atoms with Crippen LogP contribution in [0.2, 0.25) is 0 Å². The lowest BCUT2D eigenvalue weighted by molar-refractivity contribution is -0.0498. The SMILES string of the molecule is CSC(C)CCNC(C)CCc1ccc(OC(F)F)cc1. The van der Waals surface area contributed by atoms with Gasteiger partial charge in [0.05, 0.1) is 0 Å². The van der Waals surface area contributed by atoms with Gasteiger partial charge in [0.2, 0.25) is 0 Å². The summed E-state index contributed by atoms with van der Waals surface area (Å²) in [5, 5.41) is 4.21. The number of nitrogens with one attached hydrogen (secondary N) is 1. The summed E-state index contributed by atoms with van der Waals surface area (Å²) in [5.74, 6) is 0.214. The first-order valence-electron chi connectivity index (χ1n) is 7.31. The molecule has 0 aliphatic carbocycles. The molecule has 0 spiro atoms. The highest BCUT2D eigenvalue weighted by molar-refractivity contribution is 7.99. The van der Waals surface area contributed by atoms with E-state index in [0.29, 0.717) is 11.3 Å². The van der Waals surface area contributed by atoms with Gasteiger partial charge in [-0.2, -0.15) is 20.5 Å². The van der Waals surface area contributed by atoms with Crippen LogP contribution in [0.4, 0.5) is 8.78 Å². The van der Waals surface area contributed by atoms with Gasteiger partial charge in [0.1, 0.15) is 5.75 Å². The number of hydrogen-bond donors (Lipinski definition) is 1. The van der Waals surface area contributed by atoms with Crippen molar-refractivity contribution >= 4 is 11.8 Å². The van der Waals surface area contributed by atoms with Crippen LogP contribution < -0.4 is 10.1 Å². The second-order valence-electron chi connectivity index (χ2n) is 5.25. The van der Waals surface area contributed by atoms with Gasteiger partial charge in [0.25, 0.3) is 0 Å². The molecule has 0 fully saturated rings. The first kappa shape index (κ1) is 18.2. The summed E-state index contributed by atoms with van der Waals surface area (Å²) in [5.41, 5.74) is 1.14. The zero-order valence-electron chi connectivity index (χ0n) is 12.9. The van der Waals surface area contributed by atoms with Crippen molar-refractivity contribution in [3.8, 4) is 5.75 Å². The van der Waals surface area contributed by atoms with Crippen LogP contribution in [-0.2, 0) is 6.42 Å². The molecule has 0 aliphatic rings. The van der Waals surface area contributed by atoms with E-state index in [0.717, 1.165) is 24.9 Å². The molecule has 1 N–H and O–H groups in total. The Hall–Kier alpha value is -0.810. The predicted octanol–water partition coefficient (Wildman–Crippen LogP) is 4.34. The number of aryl methyl sites for hydroxylation is 1. The molecule has 1 aromatic rings. The minimum atomic E-state index is -2.76. The van der Waals surface area contributed by atoms with Crippen molar-refractivity contribution < 1.29 is 13.5 Å². The van der Waals surface area contributed by atoms with Crippen molar-refractivity contribution in [3.63, 3.8) is 0 Å². The number of ether oxygens (including phenoxy) is 1. The van der Waals surface area contributed by atoms with E-state index in [-0.39, 0.29) is 5.75 Å². The van der Waals surface area contributed by atoms with E-state index in [4.69, 9.17) is 0 Å². The minimum absolute atomic E-state index is 0.214. The summed E-state index contributed by atoms with van der Waals surface area (Å²) < 4.78 is 28.4. The van der Waals surface area contributed by atoms with E-state index in [1.807, 2.05) is 23.9 Å². The van der Waals surface area contributed by atoms with Gasteiger partial charge in [-0.25, -0.2) is 0 Å². The van der Waals surface area contributed by atoms with E-state index in [1.165, 1.54) is 6.42 Å². The molecule has 2 nitrogen and oxygen atoms in total. The van der Waals surface area contributed by atoms with Crippen LogP contribution in [0.15, 0.2) is 24.3 Å². The second kappa shape index (κ2) is 10.0. The van der Waals surface area contributed by atoms with Gasteiger partial charge in [-0.1, -0.05) is 19.1 Å². The van der Waals surface area contributed by atoms with Crippen molar-refractivity contribution in [2.75, 3.05) is 12.8 Å². The molecule has 1 rings (SSSR count). The lowest BCUT2D eigenvalue weighted by atomic mass is 10.1. The van der Waals surface area contributed by atoms with Crippen LogP contribution in [-0.4, -0.2) is 30.7 Å². The molecule has 0 bridgehead atoms. The van der Waals surface area contributed by atoms with Crippen molar-refractivity contribution in [1.29, 1.82) is 0 Å². The third-order valence-corrected chi connectivity index (χ3v) is 4.50. The summed E-state index contributed by atoms with van der Waals surface area (Å²) in [7, 11) is 0. The lowest BCUT2D eigenvalue weighted by Gasteiger charge is -2.15. The Balaban J connectivity index is 2.24. The summed E-state index contributed by atoms with van der Waals surface area (Å²) >= 11 is 1.89. The first-order valence-corrected chi connectivity index (χ1v) is 8.60. The smallest absolute Gasteiger partial charge is 0.387 e. The molecule has 5 heteroatoms. The molecule has 120 valence electrons. The molecule has 1 aromatic carbocycles. The Kier molecular flexibility index (Phi) is 8.69. The average Bonchev–Trinajstić information content (AvgIpc) is 2.45. The minimum Gasteiger partial charge on any atom is -0.435 e. The van der Waals surface area contributed by atoms with Crippen molar-refractivity contribution in [2.24, 2.45) is 0 Å². The Morgan fingerprint density at radius 2 is 1.81 bits per heavy atom. The fourth-order valence-electron chi connectivity index (χ4n) is 1.97. The van der Waals surface area contributed by atoms with Crippen molar-refractivity contribution in [2.45, 2.75) is 51.0 Å². The summed E-state index contributed by atoms with van der Waals surface area (Å²) in [6, 6.07) is 7.34. The maximum atomic E-state index is 12.0. The van der Waals surface area contributed by atoms with Gasteiger partial charge >= 0.3 is 6.61 Å². The Morgan fingerprint density at radius 3 is 2.38 bits per heavy atom. The van der Waals surface area contributed by atoms with E-state index in [9.17, 15) is 8.78 Å². The molecule has 2 unspecified atom stereocenters. The van der Waals surface area contributed by atoms with Crippen LogP contribution in [0, 0.1) is 0 Å². The number of rotatable bonds is 10. The zero-order chi connectivity index (χ0) is 15.7. The lowest BCUT2D eigenvalue weighted by Crippen LogP contribution is -2.28. The summed E-state index contributed by atoms with van der Waals surface area (Å²) in [6.45, 7) is 2.69. The van der Waals surface area contributed by atoms with E-state index in [2.05, 4.69) is 30.2 Å². The van der Waals surface area contributed by atoms with E-state index >= 15 is 0 Å². The molecule has 0 aliphatic heterocycles. The summed E-state index contributed by atoms with van der Waals surface area (Å²) in [4.78, 5) is 0. The number of hydrogen-bond acceptors (Lipinski definition) is 3. The number of thioether (sulfide) groups is 1. The zero-order valence-corrected chi connectivity index (χ0v) is 13.8. The van der Waals surface area contributed by atoms with Gasteiger partial charge in [0, 0.05) is 11.3 Å². The largest absolute Gasteiger partial charge is 0.435 e. The Labute approximate surface area is 130 Å². The molecule has 21 heavy (non-hydrogen) atoms. The fraction of sp³-hybridized carbons (Fsp3) is 0.625. The van der Waals surface area contributed by atoms with Gasteiger partial charge in [-0.15, -0.1) is 0 Å². The van der Waals surface area contributed by atoms with Crippen LogP contribution in [0.3, 0.4) is 0 Å². The fourth-order valence-corrected chi connectivity index (χ4v) is 2.33. The van der Waals surface area contributed by atoms with Gasteiger partial charge in [-0.05, 0) is 56.7 Å². The van der Waals surface area contributed by atoms with E-state index in [1.54, 1.807) is 12.1 Å². The number of halogens is 2. The monoisotopic (exact) mass is 317 g/mol. The molecule has 0 radical (unpaired) electrons. The maximum Gasteiger partial charge on any atom is 0.387 e. The highest BCUT2D eigenvalue weighted by Crippen LogP contribution is 2.16. The molecule has 0 heterocycles. The molecular weight excluding hydrogens is 292 g/mol. The van der Waals surface area contributed by atoms with Crippen LogP contribution in [0.25, 0.3) is 0 Å².